The van der Waals surface area contributed by atoms with Gasteiger partial charge in [-0.2, -0.15) is 0 Å². The van der Waals surface area contributed by atoms with Crippen molar-refractivity contribution in [3.8, 4) is 0 Å². The fourth-order valence-electron chi connectivity index (χ4n) is 3.64. The average molecular weight is 296 g/mol. The summed E-state index contributed by atoms with van der Waals surface area (Å²) in [6.45, 7) is 8.29. The van der Waals surface area contributed by atoms with Crippen molar-refractivity contribution < 1.29 is 0 Å². The summed E-state index contributed by atoms with van der Waals surface area (Å²) in [5.74, 6) is 3.29. The van der Waals surface area contributed by atoms with Crippen molar-refractivity contribution in [3.05, 3.63) is 36.0 Å². The Morgan fingerprint density at radius 1 is 1.00 bits per heavy atom. The first-order valence-electron chi connectivity index (χ1n) is 7.77. The Hall–Kier alpha value is -2.24. The molecule has 4 heterocycles. The lowest BCUT2D eigenvalue weighted by molar-refractivity contribution is 0.533. The van der Waals surface area contributed by atoms with Crippen LogP contribution in [0.2, 0.25) is 0 Å². The molecule has 0 radical (unpaired) electrons. The third kappa shape index (κ3) is 2.28. The number of aryl methyl sites for hydroxylation is 2. The summed E-state index contributed by atoms with van der Waals surface area (Å²) >= 11 is 0. The lowest BCUT2D eigenvalue weighted by atomic mass is 10.0. The van der Waals surface area contributed by atoms with Gasteiger partial charge in [0.25, 0.3) is 0 Å². The number of anilines is 2. The van der Waals surface area contributed by atoms with Crippen LogP contribution >= 0.6 is 0 Å². The maximum atomic E-state index is 4.55. The average Bonchev–Trinajstić information content (AvgIpc) is 3.06. The van der Waals surface area contributed by atoms with Gasteiger partial charge in [-0.3, -0.25) is 0 Å². The van der Waals surface area contributed by atoms with E-state index < -0.39 is 0 Å². The summed E-state index contributed by atoms with van der Waals surface area (Å²) in [7, 11) is 0. The molecule has 0 aromatic carbocycles. The molecule has 2 unspecified atom stereocenters. The molecule has 6 heteroatoms. The van der Waals surface area contributed by atoms with Crippen molar-refractivity contribution >= 4 is 11.8 Å². The van der Waals surface area contributed by atoms with Crippen LogP contribution in [0.4, 0.5) is 11.8 Å². The molecule has 0 N–H and O–H groups in total. The van der Waals surface area contributed by atoms with E-state index in [1.54, 1.807) is 6.33 Å². The fraction of sp³-hybridized carbons (Fsp3) is 0.500. The first-order chi connectivity index (χ1) is 10.7. The van der Waals surface area contributed by atoms with Crippen LogP contribution in [0.1, 0.15) is 11.3 Å². The van der Waals surface area contributed by atoms with Crippen molar-refractivity contribution in [2.75, 3.05) is 36.0 Å². The first kappa shape index (κ1) is 13.4. The van der Waals surface area contributed by atoms with Gasteiger partial charge in [-0.05, 0) is 19.9 Å². The number of nitrogens with zero attached hydrogens (tertiary/aromatic N) is 6. The van der Waals surface area contributed by atoms with Crippen molar-refractivity contribution in [1.29, 1.82) is 0 Å². The van der Waals surface area contributed by atoms with Gasteiger partial charge in [0, 0.05) is 61.7 Å². The van der Waals surface area contributed by atoms with Crippen molar-refractivity contribution in [2.24, 2.45) is 11.8 Å². The second kappa shape index (κ2) is 5.19. The van der Waals surface area contributed by atoms with Crippen molar-refractivity contribution in [2.45, 2.75) is 13.8 Å². The highest BCUT2D eigenvalue weighted by molar-refractivity contribution is 5.47. The Kier molecular flexibility index (Phi) is 3.17. The molecule has 114 valence electrons. The summed E-state index contributed by atoms with van der Waals surface area (Å²) in [6, 6.07) is 1.94. The third-order valence-electron chi connectivity index (χ3n) is 4.72. The van der Waals surface area contributed by atoms with E-state index in [0.29, 0.717) is 11.8 Å². The van der Waals surface area contributed by atoms with E-state index in [2.05, 4.69) is 36.7 Å². The van der Waals surface area contributed by atoms with E-state index in [1.165, 1.54) is 0 Å². The van der Waals surface area contributed by atoms with Gasteiger partial charge in [0.15, 0.2) is 0 Å². The van der Waals surface area contributed by atoms with E-state index >= 15 is 0 Å². The zero-order chi connectivity index (χ0) is 15.1. The van der Waals surface area contributed by atoms with Crippen molar-refractivity contribution in [1.82, 2.24) is 19.9 Å². The predicted octanol–water partition coefficient (Wildman–Crippen LogP) is 1.46. The number of hydrogen-bond acceptors (Lipinski definition) is 6. The van der Waals surface area contributed by atoms with Crippen LogP contribution in [0, 0.1) is 25.7 Å². The third-order valence-corrected chi connectivity index (χ3v) is 4.72. The maximum Gasteiger partial charge on any atom is 0.225 e. The molecular weight excluding hydrogens is 276 g/mol. The molecule has 2 atom stereocenters. The van der Waals surface area contributed by atoms with E-state index in [1.807, 2.05) is 25.4 Å². The minimum Gasteiger partial charge on any atom is -0.356 e. The molecular formula is C16H20N6. The SMILES string of the molecule is Cc1ccnc(N2CC3CN(c4ncncc4C)CC3C2)n1. The summed E-state index contributed by atoms with van der Waals surface area (Å²) in [5, 5.41) is 0. The number of fused-ring (bicyclic) bond motifs is 1. The number of rotatable bonds is 2. The van der Waals surface area contributed by atoms with Gasteiger partial charge in [0.05, 0.1) is 0 Å². The van der Waals surface area contributed by atoms with E-state index in [0.717, 1.165) is 49.2 Å². The van der Waals surface area contributed by atoms with E-state index in [9.17, 15) is 0 Å². The Balaban J connectivity index is 1.48. The number of aromatic nitrogens is 4. The molecule has 6 nitrogen and oxygen atoms in total. The molecule has 2 aromatic heterocycles. The van der Waals surface area contributed by atoms with Gasteiger partial charge in [-0.15, -0.1) is 0 Å². The second-order valence-corrected chi connectivity index (χ2v) is 6.36. The molecule has 0 spiro atoms. The lowest BCUT2D eigenvalue weighted by Crippen LogP contribution is -2.30. The summed E-state index contributed by atoms with van der Waals surface area (Å²) in [6.07, 6.45) is 5.38. The molecule has 0 saturated carbocycles. The Morgan fingerprint density at radius 3 is 2.41 bits per heavy atom. The molecule has 2 aromatic rings. The summed E-state index contributed by atoms with van der Waals surface area (Å²) < 4.78 is 0. The molecule has 22 heavy (non-hydrogen) atoms. The Bertz CT molecular complexity index is 674. The van der Waals surface area contributed by atoms with Gasteiger partial charge in [0.1, 0.15) is 12.1 Å². The van der Waals surface area contributed by atoms with Crippen LogP contribution in [-0.2, 0) is 0 Å². The largest absolute Gasteiger partial charge is 0.356 e. The monoisotopic (exact) mass is 296 g/mol. The highest BCUT2D eigenvalue weighted by Crippen LogP contribution is 2.35. The highest BCUT2D eigenvalue weighted by Gasteiger charge is 2.41. The van der Waals surface area contributed by atoms with Gasteiger partial charge in [-0.1, -0.05) is 0 Å². The minimum absolute atomic E-state index is 0.665. The zero-order valence-corrected chi connectivity index (χ0v) is 13.0. The van der Waals surface area contributed by atoms with E-state index in [-0.39, 0.29) is 0 Å². The van der Waals surface area contributed by atoms with Crippen LogP contribution in [0.15, 0.2) is 24.8 Å². The molecule has 2 aliphatic rings. The van der Waals surface area contributed by atoms with Crippen LogP contribution in [-0.4, -0.2) is 46.1 Å². The first-order valence-corrected chi connectivity index (χ1v) is 7.77. The quantitative estimate of drug-likeness (QED) is 0.836. The molecule has 2 aliphatic heterocycles. The smallest absolute Gasteiger partial charge is 0.225 e. The minimum atomic E-state index is 0.665. The maximum absolute atomic E-state index is 4.55. The fourth-order valence-corrected chi connectivity index (χ4v) is 3.64. The van der Waals surface area contributed by atoms with Crippen LogP contribution in [0.5, 0.6) is 0 Å². The van der Waals surface area contributed by atoms with Gasteiger partial charge in [0.2, 0.25) is 5.95 Å². The predicted molar refractivity (Wildman–Crippen MR) is 84.9 cm³/mol. The van der Waals surface area contributed by atoms with Crippen LogP contribution < -0.4 is 9.80 Å². The number of hydrogen-bond donors (Lipinski definition) is 0. The van der Waals surface area contributed by atoms with E-state index in [4.69, 9.17) is 0 Å². The van der Waals surface area contributed by atoms with Crippen LogP contribution in [0.3, 0.4) is 0 Å². The van der Waals surface area contributed by atoms with Gasteiger partial charge in [-0.25, -0.2) is 19.9 Å². The summed E-state index contributed by atoms with van der Waals surface area (Å²) in [5.41, 5.74) is 2.18. The molecule has 0 bridgehead atoms. The van der Waals surface area contributed by atoms with Gasteiger partial charge < -0.3 is 9.80 Å². The van der Waals surface area contributed by atoms with Gasteiger partial charge >= 0.3 is 0 Å². The molecule has 2 fully saturated rings. The summed E-state index contributed by atoms with van der Waals surface area (Å²) in [4.78, 5) is 22.2. The molecule has 4 rings (SSSR count). The second-order valence-electron chi connectivity index (χ2n) is 6.36. The molecule has 0 aliphatic carbocycles. The normalized spacial score (nSPS) is 23.9. The lowest BCUT2D eigenvalue weighted by Gasteiger charge is -2.23. The van der Waals surface area contributed by atoms with Crippen LogP contribution in [0.25, 0.3) is 0 Å². The topological polar surface area (TPSA) is 58.0 Å². The standard InChI is InChI=1S/C16H20N6/c1-11-5-17-10-19-15(11)21-6-13-8-22(9-14(13)7-21)16-18-4-3-12(2)20-16/h3-5,10,13-14H,6-9H2,1-2H3. The Morgan fingerprint density at radius 2 is 1.73 bits per heavy atom. The highest BCUT2D eigenvalue weighted by atomic mass is 15.3. The Labute approximate surface area is 130 Å². The molecule has 2 saturated heterocycles. The van der Waals surface area contributed by atoms with Crippen molar-refractivity contribution in [3.63, 3.8) is 0 Å². The molecule has 0 amide bonds. The zero-order valence-electron chi connectivity index (χ0n) is 13.0.